The van der Waals surface area contributed by atoms with Crippen LogP contribution in [0, 0.1) is 0 Å². The average molecular weight is 842 g/mol. The Hall–Kier alpha value is -8.66. The second kappa shape index (κ2) is 14.2. The first kappa shape index (κ1) is 36.8. The summed E-state index contributed by atoms with van der Waals surface area (Å²) in [5, 5.41) is 8.95. The van der Waals surface area contributed by atoms with Gasteiger partial charge in [0.2, 0.25) is 0 Å². The van der Waals surface area contributed by atoms with Gasteiger partial charge < -0.3 is 13.7 Å². The van der Waals surface area contributed by atoms with Crippen LogP contribution in [0.15, 0.2) is 245 Å². The van der Waals surface area contributed by atoms with Gasteiger partial charge in [-0.15, -0.1) is 0 Å². The first-order valence-corrected chi connectivity index (χ1v) is 22.7. The predicted molar refractivity (Wildman–Crippen MR) is 273 cm³/mol. The van der Waals surface area contributed by atoms with E-state index in [0.717, 1.165) is 88.2 Å². The summed E-state index contributed by atoms with van der Waals surface area (Å²) in [7, 11) is 0. The molecule has 0 saturated heterocycles. The molecule has 0 spiro atoms. The molecular weight excluding hydrogens is 803 g/mol. The molecule has 3 nitrogen and oxygen atoms in total. The third-order valence-electron chi connectivity index (χ3n) is 14.1. The number of rotatable bonds is 6. The number of hydrogen-bond acceptors (Lipinski definition) is 3. The summed E-state index contributed by atoms with van der Waals surface area (Å²) in [4.78, 5) is 2.46. The first-order chi connectivity index (χ1) is 32.8. The van der Waals surface area contributed by atoms with Crippen molar-refractivity contribution in [1.29, 1.82) is 0 Å². The van der Waals surface area contributed by atoms with Crippen LogP contribution in [0.25, 0.3) is 87.7 Å². The summed E-state index contributed by atoms with van der Waals surface area (Å²) in [5.41, 5.74) is 15.7. The molecule has 1 aliphatic carbocycles. The van der Waals surface area contributed by atoms with E-state index >= 15 is 0 Å². The maximum atomic E-state index is 6.86. The standard InChI is InChI=1S/C63H39NO2/c1-3-18-43(19-4-1)63(44-20-5-2-6-21-44)53-27-12-11-24-51(53)58-54(63)28-14-29-55(58)64(56-30-15-31-57-59(56)52-39-35-41-17-8-10-23-47(41)62(52)65-57)45-36-32-42(33-37-45)48-25-13-26-49-50-38-34-40-16-7-9-22-46(40)61(50)66-60(48)49/h1-39H. The highest BCUT2D eigenvalue weighted by Gasteiger charge is 2.47. The number of hydrogen-bond donors (Lipinski definition) is 0. The minimum atomic E-state index is -0.552. The Morgan fingerprint density at radius 3 is 1.62 bits per heavy atom. The minimum Gasteiger partial charge on any atom is -0.455 e. The maximum Gasteiger partial charge on any atom is 0.143 e. The monoisotopic (exact) mass is 841 g/mol. The summed E-state index contributed by atoms with van der Waals surface area (Å²) in [6.45, 7) is 0. The molecule has 0 aliphatic heterocycles. The van der Waals surface area contributed by atoms with Gasteiger partial charge in [0.25, 0.3) is 0 Å². The fraction of sp³-hybridized carbons (Fsp3) is 0.0159. The van der Waals surface area contributed by atoms with Crippen molar-refractivity contribution in [2.75, 3.05) is 4.90 Å². The highest BCUT2D eigenvalue weighted by molar-refractivity contribution is 6.20. The van der Waals surface area contributed by atoms with E-state index in [0.29, 0.717) is 0 Å². The van der Waals surface area contributed by atoms with Crippen molar-refractivity contribution < 1.29 is 8.83 Å². The Morgan fingerprint density at radius 2 is 0.879 bits per heavy atom. The quantitative estimate of drug-likeness (QED) is 0.167. The zero-order chi connectivity index (χ0) is 43.3. The van der Waals surface area contributed by atoms with Crippen LogP contribution < -0.4 is 4.90 Å². The van der Waals surface area contributed by atoms with Crippen LogP contribution in [-0.4, -0.2) is 0 Å². The second-order valence-corrected chi connectivity index (χ2v) is 17.5. The number of benzene rings is 11. The smallest absolute Gasteiger partial charge is 0.143 e. The lowest BCUT2D eigenvalue weighted by atomic mass is 9.68. The molecule has 11 aromatic carbocycles. The molecule has 14 rings (SSSR count). The van der Waals surface area contributed by atoms with Crippen molar-refractivity contribution in [2.45, 2.75) is 5.41 Å². The molecule has 3 heteroatoms. The van der Waals surface area contributed by atoms with Crippen LogP contribution in [0.3, 0.4) is 0 Å². The van der Waals surface area contributed by atoms with E-state index in [1.54, 1.807) is 0 Å². The number of furan rings is 2. The number of fused-ring (bicyclic) bond motifs is 13. The van der Waals surface area contributed by atoms with Crippen LogP contribution in [0.2, 0.25) is 0 Å². The Morgan fingerprint density at radius 1 is 0.333 bits per heavy atom. The first-order valence-electron chi connectivity index (χ1n) is 22.7. The van der Waals surface area contributed by atoms with Gasteiger partial charge >= 0.3 is 0 Å². The third kappa shape index (κ3) is 5.14. The molecule has 66 heavy (non-hydrogen) atoms. The highest BCUT2D eigenvalue weighted by atomic mass is 16.3. The fourth-order valence-corrected chi connectivity index (χ4v) is 11.3. The molecule has 1 aliphatic rings. The van der Waals surface area contributed by atoms with Gasteiger partial charge in [-0.2, -0.15) is 0 Å². The third-order valence-corrected chi connectivity index (χ3v) is 14.1. The van der Waals surface area contributed by atoms with E-state index in [-0.39, 0.29) is 0 Å². The number of anilines is 3. The lowest BCUT2D eigenvalue weighted by Crippen LogP contribution is -2.28. The van der Waals surface area contributed by atoms with Crippen molar-refractivity contribution in [3.05, 3.63) is 259 Å². The molecule has 0 unspecified atom stereocenters. The van der Waals surface area contributed by atoms with Crippen molar-refractivity contribution in [3.8, 4) is 22.3 Å². The Bertz CT molecular complexity index is 4010. The van der Waals surface area contributed by atoms with Crippen LogP contribution >= 0.6 is 0 Å². The van der Waals surface area contributed by atoms with E-state index in [2.05, 4.69) is 241 Å². The number of para-hydroxylation sites is 1. The summed E-state index contributed by atoms with van der Waals surface area (Å²) < 4.78 is 13.7. The van der Waals surface area contributed by atoms with Crippen LogP contribution in [0.5, 0.6) is 0 Å². The zero-order valence-electron chi connectivity index (χ0n) is 35.8. The van der Waals surface area contributed by atoms with Gasteiger partial charge in [0, 0.05) is 43.7 Å². The van der Waals surface area contributed by atoms with Crippen molar-refractivity contribution in [1.82, 2.24) is 0 Å². The molecule has 0 saturated carbocycles. The normalized spacial score (nSPS) is 13.0. The topological polar surface area (TPSA) is 29.5 Å². The summed E-state index contributed by atoms with van der Waals surface area (Å²) in [6, 6.07) is 85.7. The van der Waals surface area contributed by atoms with Gasteiger partial charge in [-0.1, -0.05) is 194 Å². The van der Waals surface area contributed by atoms with Crippen LogP contribution in [-0.2, 0) is 5.41 Å². The molecule has 2 heterocycles. The van der Waals surface area contributed by atoms with Crippen LogP contribution in [0.1, 0.15) is 22.3 Å². The second-order valence-electron chi connectivity index (χ2n) is 17.5. The molecule has 0 radical (unpaired) electrons. The predicted octanol–water partition coefficient (Wildman–Crippen LogP) is 17.3. The van der Waals surface area contributed by atoms with E-state index in [4.69, 9.17) is 8.83 Å². The summed E-state index contributed by atoms with van der Waals surface area (Å²) >= 11 is 0. The molecule has 2 aromatic heterocycles. The molecule has 0 fully saturated rings. The molecule has 0 bridgehead atoms. The largest absolute Gasteiger partial charge is 0.455 e. The highest BCUT2D eigenvalue weighted by Crippen LogP contribution is 2.60. The lowest BCUT2D eigenvalue weighted by Gasteiger charge is -2.34. The van der Waals surface area contributed by atoms with Crippen molar-refractivity contribution in [3.63, 3.8) is 0 Å². The molecule has 0 atom stereocenters. The van der Waals surface area contributed by atoms with Gasteiger partial charge in [0.05, 0.1) is 22.2 Å². The van der Waals surface area contributed by atoms with Crippen molar-refractivity contribution in [2.24, 2.45) is 0 Å². The fourth-order valence-electron chi connectivity index (χ4n) is 11.3. The molecule has 0 amide bonds. The van der Waals surface area contributed by atoms with Gasteiger partial charge in [-0.25, -0.2) is 0 Å². The van der Waals surface area contributed by atoms with E-state index in [1.807, 2.05) is 0 Å². The Balaban J connectivity index is 1.03. The molecule has 13 aromatic rings. The van der Waals surface area contributed by atoms with Crippen molar-refractivity contribution >= 4 is 82.5 Å². The molecule has 0 N–H and O–H groups in total. The van der Waals surface area contributed by atoms with E-state index < -0.39 is 5.41 Å². The van der Waals surface area contributed by atoms with Gasteiger partial charge in [0.15, 0.2) is 0 Å². The average Bonchev–Trinajstić information content (AvgIpc) is 4.07. The zero-order valence-corrected chi connectivity index (χ0v) is 35.8. The van der Waals surface area contributed by atoms with Crippen LogP contribution in [0.4, 0.5) is 17.1 Å². The minimum absolute atomic E-state index is 0.552. The SMILES string of the molecule is c1ccc(C2(c3ccccc3)c3ccccc3-c3c(N(c4ccc(-c5cccc6c5oc5c7ccccc7ccc65)cc4)c4cccc5oc6c7ccccc7ccc6c45)cccc32)cc1. The molecule has 308 valence electrons. The van der Waals surface area contributed by atoms with Gasteiger partial charge in [-0.3, -0.25) is 0 Å². The van der Waals surface area contributed by atoms with E-state index in [9.17, 15) is 0 Å². The Labute approximate surface area is 381 Å². The Kier molecular flexibility index (Phi) is 7.90. The van der Waals surface area contributed by atoms with Gasteiger partial charge in [-0.05, 0) is 86.6 Å². The summed E-state index contributed by atoms with van der Waals surface area (Å²) in [5.74, 6) is 0. The summed E-state index contributed by atoms with van der Waals surface area (Å²) in [6.07, 6.45) is 0. The maximum absolute atomic E-state index is 6.86. The van der Waals surface area contributed by atoms with E-state index in [1.165, 1.54) is 38.8 Å². The van der Waals surface area contributed by atoms with Gasteiger partial charge in [0.1, 0.15) is 22.3 Å². The molecular formula is C63H39NO2. The number of nitrogens with zero attached hydrogens (tertiary/aromatic N) is 1. The lowest BCUT2D eigenvalue weighted by molar-refractivity contribution is 0.672.